The summed E-state index contributed by atoms with van der Waals surface area (Å²) in [5.74, 6) is 1.64. The zero-order chi connectivity index (χ0) is 13.9. The van der Waals surface area contributed by atoms with Crippen LogP contribution in [0, 0.1) is 0 Å². The molecule has 1 aliphatic rings. The van der Waals surface area contributed by atoms with Crippen LogP contribution in [0.25, 0.3) is 0 Å². The molecule has 2 nitrogen and oxygen atoms in total. The lowest BCUT2D eigenvalue weighted by Gasteiger charge is -2.38. The van der Waals surface area contributed by atoms with Crippen LogP contribution in [0.4, 0.5) is 0 Å². The van der Waals surface area contributed by atoms with E-state index in [9.17, 15) is 0 Å². The van der Waals surface area contributed by atoms with E-state index in [0.29, 0.717) is 18.0 Å². The topological polar surface area (TPSA) is 21.3 Å². The first-order chi connectivity index (χ1) is 9.76. The Kier molecular flexibility index (Phi) is 4.08. The van der Waals surface area contributed by atoms with Crippen molar-refractivity contribution in [2.75, 3.05) is 7.11 Å². The van der Waals surface area contributed by atoms with Gasteiger partial charge in [0.15, 0.2) is 0 Å². The molecular weight excluding hydrogens is 266 g/mol. The fraction of sp³-hybridized carbons (Fsp3) is 0.412. The van der Waals surface area contributed by atoms with Crippen molar-refractivity contribution in [2.24, 2.45) is 0 Å². The summed E-state index contributed by atoms with van der Waals surface area (Å²) < 4.78 is 5.30. The first-order valence-electron chi connectivity index (χ1n) is 7.19. The summed E-state index contributed by atoms with van der Waals surface area (Å²) in [4.78, 5) is 1.43. The van der Waals surface area contributed by atoms with Gasteiger partial charge < -0.3 is 10.1 Å². The summed E-state index contributed by atoms with van der Waals surface area (Å²) in [6.45, 7) is 2.25. The van der Waals surface area contributed by atoms with Crippen molar-refractivity contribution in [3.05, 3.63) is 52.2 Å². The van der Waals surface area contributed by atoms with Gasteiger partial charge in [0.1, 0.15) is 5.75 Å². The largest absolute Gasteiger partial charge is 0.497 e. The number of hydrogen-bond acceptors (Lipinski definition) is 3. The van der Waals surface area contributed by atoms with Gasteiger partial charge in [0.05, 0.1) is 7.11 Å². The molecule has 0 radical (unpaired) electrons. The molecule has 1 heterocycles. The predicted molar refractivity (Wildman–Crippen MR) is 84.6 cm³/mol. The molecule has 106 valence electrons. The van der Waals surface area contributed by atoms with E-state index < -0.39 is 0 Å². The maximum atomic E-state index is 5.30. The summed E-state index contributed by atoms with van der Waals surface area (Å²) in [6, 6.07) is 13.9. The Morgan fingerprint density at radius 1 is 1.25 bits per heavy atom. The van der Waals surface area contributed by atoms with Gasteiger partial charge in [-0.25, -0.2) is 0 Å². The molecular formula is C17H21NOS. The SMILES string of the molecule is COc1cccc(C2CC(N[C@@H](C)c3cccs3)C2)c1. The number of nitrogens with one attached hydrogen (secondary N) is 1. The summed E-state index contributed by atoms with van der Waals surface area (Å²) in [5.41, 5.74) is 1.41. The monoisotopic (exact) mass is 287 g/mol. The second kappa shape index (κ2) is 5.98. The van der Waals surface area contributed by atoms with Crippen molar-refractivity contribution < 1.29 is 4.74 Å². The van der Waals surface area contributed by atoms with E-state index in [1.165, 1.54) is 23.3 Å². The van der Waals surface area contributed by atoms with Crippen molar-refractivity contribution in [1.82, 2.24) is 5.32 Å². The number of methoxy groups -OCH3 is 1. The van der Waals surface area contributed by atoms with Gasteiger partial charge in [0.2, 0.25) is 0 Å². The third kappa shape index (κ3) is 2.89. The molecule has 0 bridgehead atoms. The van der Waals surface area contributed by atoms with Gasteiger partial charge in [-0.3, -0.25) is 0 Å². The Labute approximate surface area is 124 Å². The van der Waals surface area contributed by atoms with Gasteiger partial charge in [-0.2, -0.15) is 0 Å². The number of benzene rings is 1. The van der Waals surface area contributed by atoms with E-state index in [-0.39, 0.29) is 0 Å². The summed E-state index contributed by atoms with van der Waals surface area (Å²) >= 11 is 1.83. The third-order valence-corrected chi connectivity index (χ3v) is 5.21. The average molecular weight is 287 g/mol. The Balaban J connectivity index is 1.53. The Hall–Kier alpha value is -1.32. The first kappa shape index (κ1) is 13.7. The quantitative estimate of drug-likeness (QED) is 0.882. The molecule has 0 aliphatic heterocycles. The zero-order valence-corrected chi connectivity index (χ0v) is 12.8. The number of ether oxygens (including phenoxy) is 1. The number of rotatable bonds is 5. The molecule has 0 spiro atoms. The molecule has 2 aromatic rings. The molecule has 0 saturated heterocycles. The molecule has 1 aliphatic carbocycles. The van der Waals surface area contributed by atoms with Gasteiger partial charge in [-0.1, -0.05) is 18.2 Å². The molecule has 0 unspecified atom stereocenters. The molecule has 20 heavy (non-hydrogen) atoms. The maximum absolute atomic E-state index is 5.30. The highest BCUT2D eigenvalue weighted by molar-refractivity contribution is 7.10. The van der Waals surface area contributed by atoms with Gasteiger partial charge in [-0.15, -0.1) is 11.3 Å². The minimum Gasteiger partial charge on any atom is -0.497 e. The van der Waals surface area contributed by atoms with Crippen LogP contribution in [0.3, 0.4) is 0 Å². The standard InChI is InChI=1S/C17H21NOS/c1-12(17-7-4-8-20-17)18-15-9-14(10-15)13-5-3-6-16(11-13)19-2/h3-8,11-12,14-15,18H,9-10H2,1-2H3/t12-,14?,15?/m0/s1. The average Bonchev–Trinajstić information content (AvgIpc) is 2.96. The van der Waals surface area contributed by atoms with Crippen LogP contribution >= 0.6 is 11.3 Å². The van der Waals surface area contributed by atoms with Crippen LogP contribution in [0.1, 0.15) is 42.2 Å². The fourth-order valence-electron chi connectivity index (χ4n) is 2.89. The highest BCUT2D eigenvalue weighted by Crippen LogP contribution is 2.39. The zero-order valence-electron chi connectivity index (χ0n) is 12.0. The van der Waals surface area contributed by atoms with E-state index in [0.717, 1.165) is 5.75 Å². The molecule has 1 fully saturated rings. The van der Waals surface area contributed by atoms with Gasteiger partial charge in [0, 0.05) is 17.0 Å². The van der Waals surface area contributed by atoms with Crippen LogP contribution in [-0.2, 0) is 0 Å². The van der Waals surface area contributed by atoms with Gasteiger partial charge in [-0.05, 0) is 54.8 Å². The molecule has 1 aromatic carbocycles. The molecule has 0 amide bonds. The Morgan fingerprint density at radius 2 is 2.10 bits per heavy atom. The number of thiophene rings is 1. The second-order valence-electron chi connectivity index (χ2n) is 5.55. The predicted octanol–water partition coefficient (Wildman–Crippen LogP) is 4.35. The van der Waals surface area contributed by atoms with E-state index in [4.69, 9.17) is 4.74 Å². The second-order valence-corrected chi connectivity index (χ2v) is 6.52. The minimum atomic E-state index is 0.464. The fourth-order valence-corrected chi connectivity index (χ4v) is 3.64. The number of hydrogen-bond donors (Lipinski definition) is 1. The maximum Gasteiger partial charge on any atom is 0.119 e. The lowest BCUT2D eigenvalue weighted by atomic mass is 9.75. The van der Waals surface area contributed by atoms with Crippen molar-refractivity contribution in [1.29, 1.82) is 0 Å². The summed E-state index contributed by atoms with van der Waals surface area (Å²) in [6.07, 6.45) is 2.45. The molecule has 3 heteroatoms. The van der Waals surface area contributed by atoms with Crippen LogP contribution in [0.2, 0.25) is 0 Å². The Morgan fingerprint density at radius 3 is 2.80 bits per heavy atom. The van der Waals surface area contributed by atoms with Crippen molar-refractivity contribution in [2.45, 2.75) is 37.8 Å². The van der Waals surface area contributed by atoms with Crippen LogP contribution in [-0.4, -0.2) is 13.2 Å². The molecule has 1 N–H and O–H groups in total. The van der Waals surface area contributed by atoms with Crippen molar-refractivity contribution in [3.8, 4) is 5.75 Å². The molecule has 1 atom stereocenters. The molecule has 3 rings (SSSR count). The van der Waals surface area contributed by atoms with E-state index in [1.807, 2.05) is 17.4 Å². The van der Waals surface area contributed by atoms with E-state index in [1.54, 1.807) is 7.11 Å². The van der Waals surface area contributed by atoms with Crippen molar-refractivity contribution >= 4 is 11.3 Å². The van der Waals surface area contributed by atoms with Crippen LogP contribution in [0.5, 0.6) is 5.75 Å². The highest BCUT2D eigenvalue weighted by atomic mass is 32.1. The molecule has 1 aromatic heterocycles. The van der Waals surface area contributed by atoms with E-state index in [2.05, 4.69) is 48.0 Å². The summed E-state index contributed by atoms with van der Waals surface area (Å²) in [5, 5.41) is 5.87. The van der Waals surface area contributed by atoms with Crippen molar-refractivity contribution in [3.63, 3.8) is 0 Å². The van der Waals surface area contributed by atoms with E-state index >= 15 is 0 Å². The normalized spacial score (nSPS) is 23.1. The van der Waals surface area contributed by atoms with Crippen LogP contribution < -0.4 is 10.1 Å². The highest BCUT2D eigenvalue weighted by Gasteiger charge is 2.31. The molecule has 1 saturated carbocycles. The lowest BCUT2D eigenvalue weighted by molar-refractivity contribution is 0.271. The van der Waals surface area contributed by atoms with Gasteiger partial charge in [0.25, 0.3) is 0 Å². The first-order valence-corrected chi connectivity index (χ1v) is 8.07. The Bertz CT molecular complexity index is 546. The van der Waals surface area contributed by atoms with Gasteiger partial charge >= 0.3 is 0 Å². The third-order valence-electron chi connectivity index (χ3n) is 4.16. The summed E-state index contributed by atoms with van der Waals surface area (Å²) in [7, 11) is 1.73. The lowest BCUT2D eigenvalue weighted by Crippen LogP contribution is -2.41. The smallest absolute Gasteiger partial charge is 0.119 e. The van der Waals surface area contributed by atoms with Crippen LogP contribution in [0.15, 0.2) is 41.8 Å². The minimum absolute atomic E-state index is 0.464.